The minimum atomic E-state index is -5.17. The molecule has 2 bridgehead atoms. The number of carbonyl (C=O) groups is 2. The van der Waals surface area contributed by atoms with Crippen LogP contribution in [0.25, 0.3) is 0 Å². The first-order chi connectivity index (χ1) is 8.46. The Morgan fingerprint density at radius 3 is 2.26 bits per heavy atom. The van der Waals surface area contributed by atoms with Crippen LogP contribution in [-0.4, -0.2) is 40.8 Å². The van der Waals surface area contributed by atoms with Crippen LogP contribution in [0.3, 0.4) is 0 Å². The Morgan fingerprint density at radius 2 is 1.89 bits per heavy atom. The molecule has 0 aromatic carbocycles. The summed E-state index contributed by atoms with van der Waals surface area (Å²) in [7, 11) is 0. The van der Waals surface area contributed by atoms with E-state index in [1.165, 1.54) is 4.90 Å². The summed E-state index contributed by atoms with van der Waals surface area (Å²) in [5.74, 6) is -2.88. The summed E-state index contributed by atoms with van der Waals surface area (Å²) < 4.78 is 40.5. The third kappa shape index (κ3) is 2.29. The van der Waals surface area contributed by atoms with E-state index in [4.69, 9.17) is 5.73 Å². The highest BCUT2D eigenvalue weighted by atomic mass is 19.4. The molecule has 2 saturated heterocycles. The van der Waals surface area contributed by atoms with E-state index in [0.717, 1.165) is 19.8 Å². The monoisotopic (exact) mass is 280 g/mol. The molecule has 0 aromatic heterocycles. The van der Waals surface area contributed by atoms with Gasteiger partial charge in [0.15, 0.2) is 0 Å². The number of halogens is 3. The number of alkyl halides is 3. The van der Waals surface area contributed by atoms with E-state index in [1.807, 2.05) is 6.92 Å². The van der Waals surface area contributed by atoms with Gasteiger partial charge in [0.05, 0.1) is 0 Å². The topological polar surface area (TPSA) is 72.6 Å². The van der Waals surface area contributed by atoms with Gasteiger partial charge in [0.1, 0.15) is 0 Å². The molecule has 3 fully saturated rings. The molecule has 1 atom stereocenters. The number of fused-ring (bicyclic) bond motifs is 1. The van der Waals surface area contributed by atoms with Gasteiger partial charge < -0.3 is 9.64 Å². The number of rotatable bonds is 2. The second-order valence-electron chi connectivity index (χ2n) is 5.68. The molecule has 3 aliphatic rings. The zero-order valence-electron chi connectivity index (χ0n) is 10.6. The molecule has 108 valence electrons. The molecule has 0 radical (unpaired) electrons. The van der Waals surface area contributed by atoms with Crippen LogP contribution in [0.4, 0.5) is 13.2 Å². The van der Waals surface area contributed by atoms with Crippen molar-refractivity contribution in [2.45, 2.75) is 44.1 Å². The van der Waals surface area contributed by atoms with Crippen LogP contribution < -0.4 is 5.73 Å². The third-order valence-corrected chi connectivity index (χ3v) is 3.76. The molecule has 5 nitrogen and oxygen atoms in total. The Balaban J connectivity index is 2.08. The molecular formula is C11H15F3N2O3. The molecule has 0 unspecified atom stereocenters. The summed E-state index contributed by atoms with van der Waals surface area (Å²) in [5, 5.41) is 0. The zero-order valence-corrected chi connectivity index (χ0v) is 10.6. The maximum Gasteiger partial charge on any atom is 0.491 e. The van der Waals surface area contributed by atoms with E-state index >= 15 is 0 Å². The van der Waals surface area contributed by atoms with Crippen LogP contribution in [0.1, 0.15) is 26.7 Å². The molecule has 2 heterocycles. The first-order valence-corrected chi connectivity index (χ1v) is 5.87. The molecule has 1 saturated carbocycles. The van der Waals surface area contributed by atoms with E-state index in [-0.39, 0.29) is 5.54 Å². The van der Waals surface area contributed by atoms with Gasteiger partial charge in [-0.25, -0.2) is 4.79 Å². The van der Waals surface area contributed by atoms with Crippen molar-refractivity contribution in [3.05, 3.63) is 0 Å². The number of hydrogen-bond donors (Lipinski definition) is 1. The predicted molar refractivity (Wildman–Crippen MR) is 57.6 cm³/mol. The average Bonchev–Trinajstić information content (AvgIpc) is 2.67. The highest BCUT2D eigenvalue weighted by molar-refractivity contribution is 5.89. The number of nitrogens with zero attached hydrogens (tertiary/aromatic N) is 1. The number of amides is 1. The molecular weight excluding hydrogens is 265 g/mol. The van der Waals surface area contributed by atoms with Crippen molar-refractivity contribution in [3.8, 4) is 0 Å². The molecule has 0 spiro atoms. The van der Waals surface area contributed by atoms with Gasteiger partial charge in [-0.05, 0) is 32.6 Å². The Hall–Kier alpha value is -1.31. The SMILES string of the molecule is CC12CC(CN1C(=O)[C@](C)(N)OC(=O)C(F)(F)F)C2. The fraction of sp³-hybridized carbons (Fsp3) is 0.818. The summed E-state index contributed by atoms with van der Waals surface area (Å²) >= 11 is 0. The second-order valence-corrected chi connectivity index (χ2v) is 5.68. The molecule has 19 heavy (non-hydrogen) atoms. The van der Waals surface area contributed by atoms with Gasteiger partial charge in [0.25, 0.3) is 5.91 Å². The van der Waals surface area contributed by atoms with Gasteiger partial charge in [-0.2, -0.15) is 13.2 Å². The van der Waals surface area contributed by atoms with E-state index in [1.54, 1.807) is 0 Å². The summed E-state index contributed by atoms with van der Waals surface area (Å²) in [6.07, 6.45) is -3.55. The van der Waals surface area contributed by atoms with Crippen molar-refractivity contribution < 1.29 is 27.5 Å². The van der Waals surface area contributed by atoms with E-state index in [9.17, 15) is 22.8 Å². The summed E-state index contributed by atoms with van der Waals surface area (Å²) in [4.78, 5) is 24.3. The van der Waals surface area contributed by atoms with Crippen LogP contribution in [-0.2, 0) is 14.3 Å². The molecule has 1 amide bonds. The third-order valence-electron chi connectivity index (χ3n) is 3.76. The Kier molecular flexibility index (Phi) is 2.85. The lowest BCUT2D eigenvalue weighted by Gasteiger charge is -2.41. The van der Waals surface area contributed by atoms with Gasteiger partial charge in [-0.15, -0.1) is 0 Å². The van der Waals surface area contributed by atoms with Crippen LogP contribution in [0.5, 0.6) is 0 Å². The predicted octanol–water partition coefficient (Wildman–Crippen LogP) is 0.778. The molecule has 0 aromatic rings. The first-order valence-electron chi connectivity index (χ1n) is 5.87. The molecule has 3 rings (SSSR count). The number of nitrogens with two attached hydrogens (primary N) is 1. The fourth-order valence-corrected chi connectivity index (χ4v) is 2.90. The van der Waals surface area contributed by atoms with Gasteiger partial charge >= 0.3 is 12.1 Å². The highest BCUT2D eigenvalue weighted by Gasteiger charge is 2.58. The van der Waals surface area contributed by atoms with Gasteiger partial charge in [0.2, 0.25) is 5.72 Å². The average molecular weight is 280 g/mol. The molecule has 2 N–H and O–H groups in total. The number of hydrogen-bond acceptors (Lipinski definition) is 4. The van der Waals surface area contributed by atoms with E-state index < -0.39 is 23.8 Å². The van der Waals surface area contributed by atoms with Crippen LogP contribution in [0, 0.1) is 5.92 Å². The normalized spacial score (nSPS) is 32.5. The van der Waals surface area contributed by atoms with Crippen molar-refractivity contribution in [2.75, 3.05) is 6.54 Å². The summed E-state index contributed by atoms with van der Waals surface area (Å²) in [6.45, 7) is 3.26. The van der Waals surface area contributed by atoms with E-state index in [0.29, 0.717) is 12.5 Å². The molecule has 8 heteroatoms. The lowest BCUT2D eigenvalue weighted by Crippen LogP contribution is -2.60. The highest BCUT2D eigenvalue weighted by Crippen LogP contribution is 2.50. The van der Waals surface area contributed by atoms with Crippen LogP contribution in [0.2, 0.25) is 0 Å². The Labute approximate surface area is 107 Å². The quantitative estimate of drug-likeness (QED) is 0.599. The van der Waals surface area contributed by atoms with Crippen molar-refractivity contribution in [3.63, 3.8) is 0 Å². The minimum absolute atomic E-state index is 0.364. The van der Waals surface area contributed by atoms with Crippen molar-refractivity contribution >= 4 is 11.9 Å². The Morgan fingerprint density at radius 1 is 1.37 bits per heavy atom. The molecule has 1 aliphatic carbocycles. The summed E-state index contributed by atoms with van der Waals surface area (Å²) in [5.41, 5.74) is 2.78. The molecule has 2 aliphatic heterocycles. The maximum atomic E-state index is 12.1. The smallest absolute Gasteiger partial charge is 0.428 e. The fourth-order valence-electron chi connectivity index (χ4n) is 2.90. The number of esters is 1. The zero-order chi connectivity index (χ0) is 14.6. The largest absolute Gasteiger partial charge is 0.491 e. The van der Waals surface area contributed by atoms with Gasteiger partial charge in [-0.3, -0.25) is 10.5 Å². The van der Waals surface area contributed by atoms with Gasteiger partial charge in [0, 0.05) is 12.1 Å². The first kappa shape index (κ1) is 14.1. The van der Waals surface area contributed by atoms with Crippen LogP contribution >= 0.6 is 0 Å². The standard InChI is InChI=1S/C11H15F3N2O3/c1-9-3-6(4-9)5-16(9)7(17)10(2,15)19-8(18)11(12,13)14/h6H,3-5,15H2,1-2H3/t6?,9?,10-/m1/s1. The number of ether oxygens (including phenoxy) is 1. The number of carbonyl (C=O) groups excluding carboxylic acids is 2. The Bertz CT molecular complexity index is 427. The van der Waals surface area contributed by atoms with Crippen LogP contribution in [0.15, 0.2) is 0 Å². The lowest BCUT2D eigenvalue weighted by molar-refractivity contribution is -0.214. The minimum Gasteiger partial charge on any atom is -0.428 e. The maximum absolute atomic E-state index is 12.1. The van der Waals surface area contributed by atoms with Crippen molar-refractivity contribution in [1.82, 2.24) is 4.90 Å². The van der Waals surface area contributed by atoms with Crippen molar-refractivity contribution in [1.29, 1.82) is 0 Å². The van der Waals surface area contributed by atoms with E-state index in [2.05, 4.69) is 4.74 Å². The van der Waals surface area contributed by atoms with Crippen molar-refractivity contribution in [2.24, 2.45) is 11.7 Å². The summed E-state index contributed by atoms with van der Waals surface area (Å²) in [6, 6.07) is 0. The van der Waals surface area contributed by atoms with Gasteiger partial charge in [-0.1, -0.05) is 0 Å². The lowest BCUT2D eigenvalue weighted by atomic mass is 9.75. The second kappa shape index (κ2) is 3.84.